The number of nitrogens with one attached hydrogen (secondary N) is 2. The van der Waals surface area contributed by atoms with Gasteiger partial charge >= 0.3 is 0 Å². The molecule has 0 aliphatic heterocycles. The predicted molar refractivity (Wildman–Crippen MR) is 103 cm³/mol. The molecule has 1 amide bonds. The molecule has 0 unspecified atom stereocenters. The first kappa shape index (κ1) is 16.5. The van der Waals surface area contributed by atoms with E-state index in [1.54, 1.807) is 12.1 Å². The van der Waals surface area contributed by atoms with Crippen LogP contribution in [0.2, 0.25) is 0 Å². The Balaban J connectivity index is 1.40. The molecule has 2 aromatic heterocycles. The summed E-state index contributed by atoms with van der Waals surface area (Å²) in [5.41, 5.74) is 1.74. The average molecular weight is 411 g/mol. The zero-order valence-electron chi connectivity index (χ0n) is 13.7. The number of anilines is 1. The molecule has 4 aromatic rings. The minimum Gasteiger partial charge on any atom is -0.486 e. The summed E-state index contributed by atoms with van der Waals surface area (Å²) in [6.45, 7) is 0.254. The number of fused-ring (bicyclic) bond motifs is 1. The number of aromatic amines is 1. The topological polar surface area (TPSA) is 67.3 Å². The number of hydrogen-bond donors (Lipinski definition) is 2. The highest BCUT2D eigenvalue weighted by atomic mass is 79.9. The van der Waals surface area contributed by atoms with Gasteiger partial charge in [0.2, 0.25) is 0 Å². The van der Waals surface area contributed by atoms with Crippen molar-refractivity contribution in [2.45, 2.75) is 6.61 Å². The van der Waals surface area contributed by atoms with Gasteiger partial charge in [0.25, 0.3) is 5.91 Å². The van der Waals surface area contributed by atoms with Crippen LogP contribution in [0.3, 0.4) is 0 Å². The molecule has 0 fully saturated rings. The number of ether oxygens (including phenoxy) is 1. The highest BCUT2D eigenvalue weighted by molar-refractivity contribution is 9.10. The Bertz CT molecular complexity index is 1050. The lowest BCUT2D eigenvalue weighted by atomic mass is 10.2. The second-order valence-electron chi connectivity index (χ2n) is 5.74. The lowest BCUT2D eigenvalue weighted by Crippen LogP contribution is -2.10. The summed E-state index contributed by atoms with van der Waals surface area (Å²) in [4.78, 5) is 15.5. The molecular weight excluding hydrogens is 396 g/mol. The molecule has 0 atom stereocenters. The van der Waals surface area contributed by atoms with Gasteiger partial charge in [0, 0.05) is 27.3 Å². The SMILES string of the molecule is O=C(Nc1ccc2[nH]ccc2c1)c1ccc(COc2ccc(Br)cc2)o1. The highest BCUT2D eigenvalue weighted by Crippen LogP contribution is 2.20. The Morgan fingerprint density at radius 3 is 2.77 bits per heavy atom. The van der Waals surface area contributed by atoms with Crippen LogP contribution in [-0.4, -0.2) is 10.9 Å². The average Bonchev–Trinajstić information content (AvgIpc) is 3.30. The summed E-state index contributed by atoms with van der Waals surface area (Å²) in [6, 6.07) is 18.5. The maximum Gasteiger partial charge on any atom is 0.291 e. The highest BCUT2D eigenvalue weighted by Gasteiger charge is 2.12. The fraction of sp³-hybridized carbons (Fsp3) is 0.0500. The van der Waals surface area contributed by atoms with Gasteiger partial charge in [0.1, 0.15) is 18.1 Å². The summed E-state index contributed by atoms with van der Waals surface area (Å²) >= 11 is 3.38. The molecule has 2 aromatic carbocycles. The van der Waals surface area contributed by atoms with Crippen molar-refractivity contribution in [2.75, 3.05) is 5.32 Å². The molecule has 26 heavy (non-hydrogen) atoms. The summed E-state index contributed by atoms with van der Waals surface area (Å²) in [5, 5.41) is 3.87. The number of aromatic nitrogens is 1. The first-order valence-electron chi connectivity index (χ1n) is 8.03. The van der Waals surface area contributed by atoms with E-state index in [4.69, 9.17) is 9.15 Å². The van der Waals surface area contributed by atoms with Crippen molar-refractivity contribution in [2.24, 2.45) is 0 Å². The van der Waals surface area contributed by atoms with Crippen LogP contribution in [0.5, 0.6) is 5.75 Å². The van der Waals surface area contributed by atoms with E-state index in [2.05, 4.69) is 26.2 Å². The van der Waals surface area contributed by atoms with Crippen molar-refractivity contribution < 1.29 is 13.9 Å². The molecule has 0 saturated heterocycles. The van der Waals surface area contributed by atoms with Gasteiger partial charge in [-0.3, -0.25) is 4.79 Å². The predicted octanol–water partition coefficient (Wildman–Crippen LogP) is 5.35. The zero-order valence-corrected chi connectivity index (χ0v) is 15.2. The Kier molecular flexibility index (Phi) is 4.50. The maximum absolute atomic E-state index is 12.4. The summed E-state index contributed by atoms with van der Waals surface area (Å²) < 4.78 is 12.2. The van der Waals surface area contributed by atoms with Gasteiger partial charge < -0.3 is 19.5 Å². The van der Waals surface area contributed by atoms with Gasteiger partial charge in [-0.05, 0) is 60.7 Å². The number of furan rings is 1. The number of amides is 1. The molecule has 0 saturated carbocycles. The van der Waals surface area contributed by atoms with E-state index < -0.39 is 0 Å². The molecule has 6 heteroatoms. The second kappa shape index (κ2) is 7.09. The second-order valence-corrected chi connectivity index (χ2v) is 6.66. The summed E-state index contributed by atoms with van der Waals surface area (Å²) in [7, 11) is 0. The monoisotopic (exact) mass is 410 g/mol. The van der Waals surface area contributed by atoms with E-state index in [0.717, 1.165) is 21.1 Å². The molecule has 0 bridgehead atoms. The molecule has 0 aliphatic rings. The van der Waals surface area contributed by atoms with Gasteiger partial charge in [0.05, 0.1) is 0 Å². The first-order valence-corrected chi connectivity index (χ1v) is 8.82. The number of carbonyl (C=O) groups excluding carboxylic acids is 1. The van der Waals surface area contributed by atoms with Crippen LogP contribution in [-0.2, 0) is 6.61 Å². The number of H-pyrrole nitrogens is 1. The Labute approximate surface area is 158 Å². The molecule has 4 rings (SSSR count). The third kappa shape index (κ3) is 3.65. The Hall–Kier alpha value is -2.99. The van der Waals surface area contributed by atoms with Crippen LogP contribution in [0.25, 0.3) is 10.9 Å². The minimum absolute atomic E-state index is 0.244. The third-order valence-corrected chi connectivity index (χ3v) is 4.42. The lowest BCUT2D eigenvalue weighted by molar-refractivity contribution is 0.0992. The number of halogens is 1. The summed E-state index contributed by atoms with van der Waals surface area (Å²) in [6.07, 6.45) is 1.86. The van der Waals surface area contributed by atoms with Crippen molar-refractivity contribution >= 4 is 38.4 Å². The van der Waals surface area contributed by atoms with Crippen LogP contribution in [0, 0.1) is 0 Å². The van der Waals surface area contributed by atoms with E-state index in [0.29, 0.717) is 11.4 Å². The quantitative estimate of drug-likeness (QED) is 0.465. The van der Waals surface area contributed by atoms with Gasteiger partial charge in [0.15, 0.2) is 5.76 Å². The largest absolute Gasteiger partial charge is 0.486 e. The lowest BCUT2D eigenvalue weighted by Gasteiger charge is -2.05. The number of carbonyl (C=O) groups is 1. The number of rotatable bonds is 5. The molecule has 5 nitrogen and oxygen atoms in total. The van der Waals surface area contributed by atoms with Crippen molar-refractivity contribution in [3.05, 3.63) is 82.9 Å². The number of benzene rings is 2. The van der Waals surface area contributed by atoms with Gasteiger partial charge in [-0.1, -0.05) is 15.9 Å². The van der Waals surface area contributed by atoms with Crippen LogP contribution >= 0.6 is 15.9 Å². The Morgan fingerprint density at radius 2 is 1.92 bits per heavy atom. The van der Waals surface area contributed by atoms with Crippen molar-refractivity contribution in [3.8, 4) is 5.75 Å². The van der Waals surface area contributed by atoms with Crippen LogP contribution in [0.15, 0.2) is 75.8 Å². The van der Waals surface area contributed by atoms with E-state index in [-0.39, 0.29) is 18.3 Å². The van der Waals surface area contributed by atoms with Crippen LogP contribution in [0.1, 0.15) is 16.3 Å². The smallest absolute Gasteiger partial charge is 0.291 e. The number of hydrogen-bond acceptors (Lipinski definition) is 3. The van der Waals surface area contributed by atoms with E-state index in [1.807, 2.05) is 54.7 Å². The van der Waals surface area contributed by atoms with Crippen LogP contribution < -0.4 is 10.1 Å². The normalized spacial score (nSPS) is 10.8. The standard InChI is InChI=1S/C20H15BrN2O3/c21-14-1-4-16(5-2-14)25-12-17-6-8-19(26-17)20(24)23-15-3-7-18-13(11-15)9-10-22-18/h1-11,22H,12H2,(H,23,24). The van der Waals surface area contributed by atoms with Crippen molar-refractivity contribution in [1.82, 2.24) is 4.98 Å². The van der Waals surface area contributed by atoms with Gasteiger partial charge in [-0.15, -0.1) is 0 Å². The Morgan fingerprint density at radius 1 is 1.08 bits per heavy atom. The summed E-state index contributed by atoms with van der Waals surface area (Å²) in [5.74, 6) is 1.26. The molecule has 2 heterocycles. The van der Waals surface area contributed by atoms with Crippen molar-refractivity contribution in [1.29, 1.82) is 0 Å². The fourth-order valence-electron chi connectivity index (χ4n) is 2.59. The first-order chi connectivity index (χ1) is 12.7. The minimum atomic E-state index is -0.297. The molecule has 0 spiro atoms. The molecular formula is C20H15BrN2O3. The molecule has 0 aliphatic carbocycles. The van der Waals surface area contributed by atoms with Gasteiger partial charge in [-0.2, -0.15) is 0 Å². The van der Waals surface area contributed by atoms with Crippen molar-refractivity contribution in [3.63, 3.8) is 0 Å². The molecule has 130 valence electrons. The fourth-order valence-corrected chi connectivity index (χ4v) is 2.85. The third-order valence-electron chi connectivity index (χ3n) is 3.89. The van der Waals surface area contributed by atoms with Gasteiger partial charge in [-0.25, -0.2) is 0 Å². The molecule has 0 radical (unpaired) electrons. The van der Waals surface area contributed by atoms with Crippen LogP contribution in [0.4, 0.5) is 5.69 Å². The van der Waals surface area contributed by atoms with E-state index in [9.17, 15) is 4.79 Å². The maximum atomic E-state index is 12.4. The van der Waals surface area contributed by atoms with E-state index >= 15 is 0 Å². The zero-order chi connectivity index (χ0) is 17.9. The van der Waals surface area contributed by atoms with E-state index in [1.165, 1.54) is 0 Å². The molecule has 2 N–H and O–H groups in total.